The van der Waals surface area contributed by atoms with Gasteiger partial charge in [0, 0.05) is 33.6 Å². The van der Waals surface area contributed by atoms with Crippen LogP contribution in [0, 0.1) is 5.82 Å². The highest BCUT2D eigenvalue weighted by Gasteiger charge is 2.07. The molecule has 0 radical (unpaired) electrons. The van der Waals surface area contributed by atoms with Gasteiger partial charge in [-0.2, -0.15) is 0 Å². The lowest BCUT2D eigenvalue weighted by atomic mass is 10.2. The van der Waals surface area contributed by atoms with Gasteiger partial charge in [-0.15, -0.1) is 24.0 Å². The summed E-state index contributed by atoms with van der Waals surface area (Å²) in [4.78, 5) is 14.2. The van der Waals surface area contributed by atoms with E-state index in [0.29, 0.717) is 6.54 Å². The molecule has 2 N–H and O–H groups in total. The fourth-order valence-electron chi connectivity index (χ4n) is 2.74. The molecule has 0 saturated heterocycles. The fraction of sp³-hybridized carbons (Fsp3) is 0.263. The summed E-state index contributed by atoms with van der Waals surface area (Å²) in [7, 11) is 3.71. The first-order chi connectivity index (χ1) is 12.2. The number of fused-ring (bicyclic) bond motifs is 1. The summed E-state index contributed by atoms with van der Waals surface area (Å²) in [5.41, 5.74) is 3.06. The Morgan fingerprint density at radius 1 is 1.19 bits per heavy atom. The quantitative estimate of drug-likeness (QED) is 0.343. The van der Waals surface area contributed by atoms with E-state index in [1.165, 1.54) is 12.1 Å². The van der Waals surface area contributed by atoms with Crippen molar-refractivity contribution >= 4 is 41.0 Å². The van der Waals surface area contributed by atoms with E-state index in [1.54, 1.807) is 19.2 Å². The molecule has 0 unspecified atom stereocenters. The largest absolute Gasteiger partial charge is 0.356 e. The Balaban J connectivity index is 0.00000243. The van der Waals surface area contributed by atoms with Crippen LogP contribution in [0.15, 0.2) is 53.5 Å². The molecule has 0 bridgehead atoms. The predicted octanol–water partition coefficient (Wildman–Crippen LogP) is 3.57. The maximum absolute atomic E-state index is 13.0. The predicted molar refractivity (Wildman–Crippen MR) is 114 cm³/mol. The number of hydrogen-bond donors (Lipinski definition) is 2. The lowest BCUT2D eigenvalue weighted by Crippen LogP contribution is -2.39. The SMILES string of the molecule is CN=C(NCCc1nc2ccccc2[nH]1)N(C)Cc1ccc(F)cc1.I. The molecular formula is C19H23FIN5. The van der Waals surface area contributed by atoms with Crippen LogP contribution in [0.25, 0.3) is 11.0 Å². The molecule has 0 amide bonds. The molecular weight excluding hydrogens is 444 g/mol. The monoisotopic (exact) mass is 467 g/mol. The van der Waals surface area contributed by atoms with Crippen molar-refractivity contribution in [3.05, 3.63) is 65.7 Å². The number of halogens is 2. The number of imidazole rings is 1. The zero-order chi connectivity index (χ0) is 17.6. The van der Waals surface area contributed by atoms with Crippen molar-refractivity contribution in [2.75, 3.05) is 20.6 Å². The van der Waals surface area contributed by atoms with Crippen molar-refractivity contribution in [2.24, 2.45) is 4.99 Å². The van der Waals surface area contributed by atoms with Gasteiger partial charge in [0.05, 0.1) is 11.0 Å². The Hall–Kier alpha value is -2.16. The highest BCUT2D eigenvalue weighted by Crippen LogP contribution is 2.10. The highest BCUT2D eigenvalue weighted by atomic mass is 127. The first kappa shape index (κ1) is 20.2. The summed E-state index contributed by atoms with van der Waals surface area (Å²) in [6.07, 6.45) is 0.776. The normalized spacial score (nSPS) is 11.3. The van der Waals surface area contributed by atoms with Gasteiger partial charge in [0.25, 0.3) is 0 Å². The molecule has 2 aromatic carbocycles. The number of aliphatic imine (C=N–C) groups is 1. The second-order valence-corrected chi connectivity index (χ2v) is 5.91. The zero-order valence-corrected chi connectivity index (χ0v) is 17.2. The molecule has 0 spiro atoms. The van der Waals surface area contributed by atoms with E-state index < -0.39 is 0 Å². The molecule has 3 rings (SSSR count). The second kappa shape index (κ2) is 9.51. The number of para-hydroxylation sites is 2. The number of hydrogen-bond acceptors (Lipinski definition) is 2. The van der Waals surface area contributed by atoms with Crippen LogP contribution in [-0.4, -0.2) is 41.5 Å². The van der Waals surface area contributed by atoms with Crippen LogP contribution in [0.3, 0.4) is 0 Å². The Morgan fingerprint density at radius 2 is 1.92 bits per heavy atom. The van der Waals surface area contributed by atoms with Crippen molar-refractivity contribution in [3.8, 4) is 0 Å². The lowest BCUT2D eigenvalue weighted by molar-refractivity contribution is 0.476. The standard InChI is InChI=1S/C19H22FN5.HI/c1-21-19(25(2)13-14-7-9-15(20)10-8-14)22-12-11-18-23-16-5-3-4-6-17(16)24-18;/h3-10H,11-13H2,1-2H3,(H,21,22)(H,23,24);1H. The average molecular weight is 467 g/mol. The van der Waals surface area contributed by atoms with Crippen molar-refractivity contribution in [1.29, 1.82) is 0 Å². The molecule has 1 heterocycles. The van der Waals surface area contributed by atoms with Gasteiger partial charge in [-0.3, -0.25) is 4.99 Å². The molecule has 26 heavy (non-hydrogen) atoms. The van der Waals surface area contributed by atoms with Gasteiger partial charge in [0.1, 0.15) is 11.6 Å². The molecule has 3 aromatic rings. The Labute approximate surface area is 169 Å². The number of guanidine groups is 1. The summed E-state index contributed by atoms with van der Waals surface area (Å²) in [5, 5.41) is 3.34. The van der Waals surface area contributed by atoms with Crippen LogP contribution in [0.1, 0.15) is 11.4 Å². The Kier molecular flexibility index (Phi) is 7.38. The van der Waals surface area contributed by atoms with E-state index in [2.05, 4.69) is 20.3 Å². The van der Waals surface area contributed by atoms with Crippen molar-refractivity contribution in [2.45, 2.75) is 13.0 Å². The Morgan fingerprint density at radius 3 is 2.62 bits per heavy atom. The van der Waals surface area contributed by atoms with Gasteiger partial charge < -0.3 is 15.2 Å². The minimum atomic E-state index is -0.222. The van der Waals surface area contributed by atoms with Crippen molar-refractivity contribution in [3.63, 3.8) is 0 Å². The van der Waals surface area contributed by atoms with E-state index in [-0.39, 0.29) is 29.8 Å². The van der Waals surface area contributed by atoms with E-state index in [1.807, 2.05) is 36.2 Å². The number of H-pyrrole nitrogens is 1. The van der Waals surface area contributed by atoms with Gasteiger partial charge >= 0.3 is 0 Å². The smallest absolute Gasteiger partial charge is 0.193 e. The lowest BCUT2D eigenvalue weighted by Gasteiger charge is -2.22. The topological polar surface area (TPSA) is 56.3 Å². The van der Waals surface area contributed by atoms with Crippen LogP contribution >= 0.6 is 24.0 Å². The molecule has 0 atom stereocenters. The summed E-state index contributed by atoms with van der Waals surface area (Å²) in [5.74, 6) is 1.52. The number of rotatable bonds is 5. The summed E-state index contributed by atoms with van der Waals surface area (Å²) < 4.78 is 13.0. The number of aromatic amines is 1. The van der Waals surface area contributed by atoms with E-state index in [4.69, 9.17) is 0 Å². The van der Waals surface area contributed by atoms with Crippen molar-refractivity contribution < 1.29 is 4.39 Å². The molecule has 0 aliphatic rings. The summed E-state index contributed by atoms with van der Waals surface area (Å²) in [6, 6.07) is 14.5. The Bertz CT molecular complexity index is 827. The van der Waals surface area contributed by atoms with Crippen LogP contribution < -0.4 is 5.32 Å². The van der Waals surface area contributed by atoms with Crippen LogP contribution in [0.5, 0.6) is 0 Å². The third-order valence-electron chi connectivity index (χ3n) is 3.99. The molecule has 0 aliphatic heterocycles. The van der Waals surface area contributed by atoms with Gasteiger partial charge in [-0.1, -0.05) is 24.3 Å². The number of benzene rings is 2. The molecule has 0 fully saturated rings. The fourth-order valence-corrected chi connectivity index (χ4v) is 2.74. The molecule has 0 aliphatic carbocycles. The average Bonchev–Trinajstić information content (AvgIpc) is 3.03. The minimum absolute atomic E-state index is 0. The van der Waals surface area contributed by atoms with Gasteiger partial charge in [-0.25, -0.2) is 9.37 Å². The van der Waals surface area contributed by atoms with Gasteiger partial charge in [0.2, 0.25) is 0 Å². The summed E-state index contributed by atoms with van der Waals surface area (Å²) in [6.45, 7) is 1.38. The van der Waals surface area contributed by atoms with Crippen LogP contribution in [0.2, 0.25) is 0 Å². The van der Waals surface area contributed by atoms with Crippen LogP contribution in [0.4, 0.5) is 4.39 Å². The maximum atomic E-state index is 13.0. The molecule has 0 saturated carbocycles. The zero-order valence-electron chi connectivity index (χ0n) is 14.9. The van der Waals surface area contributed by atoms with E-state index in [9.17, 15) is 4.39 Å². The first-order valence-electron chi connectivity index (χ1n) is 8.25. The molecule has 1 aromatic heterocycles. The number of aromatic nitrogens is 2. The third kappa shape index (κ3) is 5.17. The first-order valence-corrected chi connectivity index (χ1v) is 8.25. The van der Waals surface area contributed by atoms with Crippen LogP contribution in [-0.2, 0) is 13.0 Å². The number of nitrogens with zero attached hydrogens (tertiary/aromatic N) is 3. The second-order valence-electron chi connectivity index (χ2n) is 5.91. The number of nitrogens with one attached hydrogen (secondary N) is 2. The van der Waals surface area contributed by atoms with Gasteiger partial charge in [0.15, 0.2) is 5.96 Å². The minimum Gasteiger partial charge on any atom is -0.356 e. The molecule has 5 nitrogen and oxygen atoms in total. The third-order valence-corrected chi connectivity index (χ3v) is 3.99. The van der Waals surface area contributed by atoms with E-state index >= 15 is 0 Å². The molecule has 7 heteroatoms. The van der Waals surface area contributed by atoms with Gasteiger partial charge in [-0.05, 0) is 29.8 Å². The maximum Gasteiger partial charge on any atom is 0.193 e. The highest BCUT2D eigenvalue weighted by molar-refractivity contribution is 14.0. The summed E-state index contributed by atoms with van der Waals surface area (Å²) >= 11 is 0. The van der Waals surface area contributed by atoms with Crippen molar-refractivity contribution in [1.82, 2.24) is 20.2 Å². The van der Waals surface area contributed by atoms with E-state index in [0.717, 1.165) is 41.3 Å². The molecule has 138 valence electrons.